The molecule has 0 radical (unpaired) electrons. The molecule has 0 saturated carbocycles. The van der Waals surface area contributed by atoms with Gasteiger partial charge >= 0.3 is 5.97 Å². The van der Waals surface area contributed by atoms with E-state index in [-0.39, 0.29) is 11.6 Å². The number of ether oxygens (including phenoxy) is 1. The van der Waals surface area contributed by atoms with Crippen LogP contribution in [-0.2, 0) is 9.53 Å². The second kappa shape index (κ2) is 5.05. The van der Waals surface area contributed by atoms with Crippen molar-refractivity contribution in [3.8, 4) is 0 Å². The molecule has 13 heavy (non-hydrogen) atoms. The van der Waals surface area contributed by atoms with Gasteiger partial charge in [-0.3, -0.25) is 0 Å². The van der Waals surface area contributed by atoms with Gasteiger partial charge in [-0.2, -0.15) is 0 Å². The minimum Gasteiger partial charge on any atom is -0.456 e. The molecule has 0 aromatic heterocycles. The van der Waals surface area contributed by atoms with Crippen molar-refractivity contribution in [2.75, 3.05) is 0 Å². The van der Waals surface area contributed by atoms with Crippen LogP contribution in [0, 0.1) is 0 Å². The molecule has 0 aliphatic rings. The average molecular weight is 184 g/mol. The predicted octanol–water partition coefficient (Wildman–Crippen LogP) is 3.07. The highest BCUT2D eigenvalue weighted by Crippen LogP contribution is 2.18. The molecule has 0 spiro atoms. The van der Waals surface area contributed by atoms with Crippen LogP contribution in [0.15, 0.2) is 12.2 Å². The van der Waals surface area contributed by atoms with Gasteiger partial charge in [0.1, 0.15) is 5.60 Å². The summed E-state index contributed by atoms with van der Waals surface area (Å²) in [6, 6.07) is 0. The monoisotopic (exact) mass is 184 g/mol. The van der Waals surface area contributed by atoms with Gasteiger partial charge in [0.25, 0.3) is 0 Å². The van der Waals surface area contributed by atoms with Crippen LogP contribution in [0.25, 0.3) is 0 Å². The molecular weight excluding hydrogens is 164 g/mol. The zero-order valence-electron chi connectivity index (χ0n) is 9.14. The first-order valence-electron chi connectivity index (χ1n) is 4.84. The third kappa shape index (κ3) is 4.71. The fraction of sp³-hybridized carbons (Fsp3) is 0.727. The second-order valence-electron chi connectivity index (χ2n) is 3.86. The van der Waals surface area contributed by atoms with Crippen molar-refractivity contribution in [1.29, 1.82) is 0 Å². The zero-order chi connectivity index (χ0) is 10.5. The lowest BCUT2D eigenvalue weighted by molar-refractivity contribution is -0.152. The molecule has 0 bridgehead atoms. The molecule has 76 valence electrons. The summed E-state index contributed by atoms with van der Waals surface area (Å²) in [5.74, 6) is -0.263. The Morgan fingerprint density at radius 3 is 2.31 bits per heavy atom. The first-order valence-corrected chi connectivity index (χ1v) is 4.84. The van der Waals surface area contributed by atoms with E-state index in [1.54, 1.807) is 0 Å². The molecule has 0 aliphatic heterocycles. The molecule has 0 N–H and O–H groups in total. The van der Waals surface area contributed by atoms with Gasteiger partial charge in [0, 0.05) is 5.57 Å². The molecule has 0 saturated heterocycles. The Kier molecular flexibility index (Phi) is 4.74. The highest BCUT2D eigenvalue weighted by Gasteiger charge is 2.22. The van der Waals surface area contributed by atoms with Gasteiger partial charge < -0.3 is 4.74 Å². The van der Waals surface area contributed by atoms with Gasteiger partial charge in [0.05, 0.1) is 0 Å². The number of hydrogen-bond acceptors (Lipinski definition) is 2. The van der Waals surface area contributed by atoms with E-state index in [1.165, 1.54) is 0 Å². The number of rotatable bonds is 5. The number of carbonyl (C=O) groups is 1. The summed E-state index contributed by atoms with van der Waals surface area (Å²) in [4.78, 5) is 11.3. The SMILES string of the molecule is C=C(CC)C(=O)OC(C)(C)CCC. The van der Waals surface area contributed by atoms with Crippen molar-refractivity contribution in [2.45, 2.75) is 52.6 Å². The smallest absolute Gasteiger partial charge is 0.333 e. The molecule has 0 aromatic carbocycles. The predicted molar refractivity (Wildman–Crippen MR) is 54.5 cm³/mol. The van der Waals surface area contributed by atoms with Gasteiger partial charge in [-0.05, 0) is 26.7 Å². The largest absolute Gasteiger partial charge is 0.456 e. The van der Waals surface area contributed by atoms with Crippen LogP contribution >= 0.6 is 0 Å². The van der Waals surface area contributed by atoms with Gasteiger partial charge in [-0.15, -0.1) is 0 Å². The molecular formula is C11H20O2. The Hall–Kier alpha value is -0.790. The fourth-order valence-corrected chi connectivity index (χ4v) is 1.12. The molecule has 0 aromatic rings. The first-order chi connectivity index (χ1) is 5.93. The van der Waals surface area contributed by atoms with E-state index in [4.69, 9.17) is 4.74 Å². The van der Waals surface area contributed by atoms with Crippen molar-refractivity contribution in [3.63, 3.8) is 0 Å². The fourth-order valence-electron chi connectivity index (χ4n) is 1.12. The Labute approximate surface area is 81.0 Å². The number of esters is 1. The summed E-state index contributed by atoms with van der Waals surface area (Å²) in [6.07, 6.45) is 2.55. The highest BCUT2D eigenvalue weighted by atomic mass is 16.6. The van der Waals surface area contributed by atoms with Crippen LogP contribution in [0.1, 0.15) is 47.0 Å². The third-order valence-corrected chi connectivity index (χ3v) is 1.94. The molecule has 0 fully saturated rings. The normalized spacial score (nSPS) is 11.1. The van der Waals surface area contributed by atoms with Gasteiger partial charge in [0.2, 0.25) is 0 Å². The Bertz CT molecular complexity index is 192. The van der Waals surface area contributed by atoms with Gasteiger partial charge in [-0.1, -0.05) is 26.8 Å². The summed E-state index contributed by atoms with van der Waals surface area (Å²) in [7, 11) is 0. The van der Waals surface area contributed by atoms with Crippen molar-refractivity contribution in [3.05, 3.63) is 12.2 Å². The van der Waals surface area contributed by atoms with E-state index < -0.39 is 0 Å². The van der Waals surface area contributed by atoms with Crippen LogP contribution in [0.3, 0.4) is 0 Å². The van der Waals surface area contributed by atoms with Crippen LogP contribution in [0.5, 0.6) is 0 Å². The summed E-state index contributed by atoms with van der Waals surface area (Å²) in [5, 5.41) is 0. The maximum atomic E-state index is 11.3. The quantitative estimate of drug-likeness (QED) is 0.485. The second-order valence-corrected chi connectivity index (χ2v) is 3.86. The van der Waals surface area contributed by atoms with E-state index >= 15 is 0 Å². The molecule has 0 atom stereocenters. The number of carbonyl (C=O) groups excluding carboxylic acids is 1. The lowest BCUT2D eigenvalue weighted by Crippen LogP contribution is -2.28. The Morgan fingerprint density at radius 2 is 1.92 bits per heavy atom. The molecule has 0 heterocycles. The average Bonchev–Trinajstić information content (AvgIpc) is 2.01. The Morgan fingerprint density at radius 1 is 1.38 bits per heavy atom. The molecule has 0 rings (SSSR count). The topological polar surface area (TPSA) is 26.3 Å². The lowest BCUT2D eigenvalue weighted by atomic mass is 10.0. The Balaban J connectivity index is 4.11. The summed E-state index contributed by atoms with van der Waals surface area (Å²) in [5.41, 5.74) is 0.188. The minimum absolute atomic E-state index is 0.263. The highest BCUT2D eigenvalue weighted by molar-refractivity contribution is 5.87. The zero-order valence-corrected chi connectivity index (χ0v) is 9.14. The third-order valence-electron chi connectivity index (χ3n) is 1.94. The minimum atomic E-state index is -0.357. The van der Waals surface area contributed by atoms with E-state index in [0.29, 0.717) is 12.0 Å². The maximum absolute atomic E-state index is 11.3. The molecule has 0 amide bonds. The van der Waals surface area contributed by atoms with E-state index in [2.05, 4.69) is 13.5 Å². The van der Waals surface area contributed by atoms with Crippen molar-refractivity contribution >= 4 is 5.97 Å². The lowest BCUT2D eigenvalue weighted by Gasteiger charge is -2.24. The van der Waals surface area contributed by atoms with E-state index in [0.717, 1.165) is 12.8 Å². The summed E-state index contributed by atoms with van der Waals surface area (Å²) >= 11 is 0. The van der Waals surface area contributed by atoms with E-state index in [9.17, 15) is 4.79 Å². The van der Waals surface area contributed by atoms with Gasteiger partial charge in [0.15, 0.2) is 0 Å². The van der Waals surface area contributed by atoms with E-state index in [1.807, 2.05) is 20.8 Å². The number of hydrogen-bond donors (Lipinski definition) is 0. The standard InChI is InChI=1S/C11H20O2/c1-6-8-11(4,5)13-10(12)9(3)7-2/h3,6-8H2,1-2,4-5H3. The maximum Gasteiger partial charge on any atom is 0.333 e. The molecule has 0 aliphatic carbocycles. The van der Waals surface area contributed by atoms with Crippen molar-refractivity contribution < 1.29 is 9.53 Å². The van der Waals surface area contributed by atoms with Crippen LogP contribution in [0.4, 0.5) is 0 Å². The van der Waals surface area contributed by atoms with Crippen LogP contribution in [0.2, 0.25) is 0 Å². The van der Waals surface area contributed by atoms with Crippen LogP contribution in [-0.4, -0.2) is 11.6 Å². The molecule has 2 heteroatoms. The molecule has 0 unspecified atom stereocenters. The van der Waals surface area contributed by atoms with Gasteiger partial charge in [-0.25, -0.2) is 4.79 Å². The first kappa shape index (κ1) is 12.2. The van der Waals surface area contributed by atoms with Crippen molar-refractivity contribution in [2.24, 2.45) is 0 Å². The summed E-state index contributed by atoms with van der Waals surface area (Å²) < 4.78 is 5.29. The molecule has 2 nitrogen and oxygen atoms in total. The van der Waals surface area contributed by atoms with Crippen LogP contribution < -0.4 is 0 Å². The summed E-state index contributed by atoms with van der Waals surface area (Å²) in [6.45, 7) is 11.5. The van der Waals surface area contributed by atoms with Crippen molar-refractivity contribution in [1.82, 2.24) is 0 Å².